The van der Waals surface area contributed by atoms with E-state index in [1.807, 2.05) is 6.07 Å². The van der Waals surface area contributed by atoms with Crippen LogP contribution in [0.1, 0.15) is 30.0 Å². The summed E-state index contributed by atoms with van der Waals surface area (Å²) in [5, 5.41) is 0. The van der Waals surface area contributed by atoms with Gasteiger partial charge >= 0.3 is 0 Å². The molecule has 0 aromatic heterocycles. The Morgan fingerprint density at radius 2 is 1.78 bits per heavy atom. The van der Waals surface area contributed by atoms with Gasteiger partial charge in [-0.1, -0.05) is 12.1 Å². The monoisotopic (exact) mass is 338 g/mol. The number of hydrogen-bond acceptors (Lipinski definition) is 4. The van der Waals surface area contributed by atoms with Crippen molar-refractivity contribution in [3.05, 3.63) is 35.1 Å². The molecule has 0 radical (unpaired) electrons. The minimum atomic E-state index is -2.82. The fraction of sp³-hybridized carbons (Fsp3) is 0.647. The van der Waals surface area contributed by atoms with Gasteiger partial charge in [0.2, 0.25) is 0 Å². The average molecular weight is 338 g/mol. The van der Waals surface area contributed by atoms with Gasteiger partial charge in [0.25, 0.3) is 0 Å². The molecule has 23 heavy (non-hydrogen) atoms. The second-order valence-electron chi connectivity index (χ2n) is 6.99. The molecule has 2 saturated heterocycles. The van der Waals surface area contributed by atoms with E-state index in [4.69, 9.17) is 0 Å². The number of sulfone groups is 1. The normalized spacial score (nSPS) is 31.3. The fourth-order valence-electron chi connectivity index (χ4n) is 4.44. The standard InChI is InChI=1S/C17H23FN2O2S/c18-16-3-1-2-15-14(16)4-5-17(15)20-9-7-19(8-10-20)13-6-11-23(21,22)12-13/h1-3,13,17H,4-12H2/t13-,17-/m0/s1. The van der Waals surface area contributed by atoms with Crippen LogP contribution < -0.4 is 0 Å². The van der Waals surface area contributed by atoms with Crippen molar-refractivity contribution in [3.63, 3.8) is 0 Å². The zero-order valence-corrected chi connectivity index (χ0v) is 14.1. The van der Waals surface area contributed by atoms with E-state index in [2.05, 4.69) is 15.9 Å². The predicted octanol–water partition coefficient (Wildman–Crippen LogP) is 1.62. The molecule has 0 saturated carbocycles. The van der Waals surface area contributed by atoms with E-state index in [-0.39, 0.29) is 11.9 Å². The number of rotatable bonds is 2. The van der Waals surface area contributed by atoms with Gasteiger partial charge in [-0.2, -0.15) is 0 Å². The van der Waals surface area contributed by atoms with Crippen LogP contribution in [0.25, 0.3) is 0 Å². The van der Waals surface area contributed by atoms with Gasteiger partial charge in [0.15, 0.2) is 9.84 Å². The van der Waals surface area contributed by atoms with Crippen LogP contribution in [0.3, 0.4) is 0 Å². The van der Waals surface area contributed by atoms with Crippen LogP contribution in [-0.2, 0) is 16.3 Å². The smallest absolute Gasteiger partial charge is 0.151 e. The molecule has 4 rings (SSSR count). The van der Waals surface area contributed by atoms with Crippen molar-refractivity contribution in [1.29, 1.82) is 0 Å². The molecule has 0 spiro atoms. The Morgan fingerprint density at radius 3 is 2.48 bits per heavy atom. The summed E-state index contributed by atoms with van der Waals surface area (Å²) in [5.74, 6) is 0.595. The highest BCUT2D eigenvalue weighted by atomic mass is 32.2. The average Bonchev–Trinajstić information content (AvgIpc) is 3.12. The molecule has 4 nitrogen and oxygen atoms in total. The van der Waals surface area contributed by atoms with Crippen LogP contribution >= 0.6 is 0 Å². The van der Waals surface area contributed by atoms with Gasteiger partial charge in [0.1, 0.15) is 5.82 Å². The number of nitrogens with zero attached hydrogens (tertiary/aromatic N) is 2. The molecule has 1 aliphatic carbocycles. The second kappa shape index (κ2) is 5.83. The molecule has 2 fully saturated rings. The van der Waals surface area contributed by atoms with Crippen LogP contribution in [0.2, 0.25) is 0 Å². The number of benzene rings is 1. The van der Waals surface area contributed by atoms with Crippen molar-refractivity contribution in [1.82, 2.24) is 9.80 Å². The first-order chi connectivity index (χ1) is 11.0. The van der Waals surface area contributed by atoms with Crippen molar-refractivity contribution in [2.24, 2.45) is 0 Å². The van der Waals surface area contributed by atoms with E-state index < -0.39 is 9.84 Å². The van der Waals surface area contributed by atoms with Crippen LogP contribution in [0, 0.1) is 5.82 Å². The largest absolute Gasteiger partial charge is 0.297 e. The van der Waals surface area contributed by atoms with Gasteiger partial charge in [-0.25, -0.2) is 12.8 Å². The molecule has 6 heteroatoms. The van der Waals surface area contributed by atoms with E-state index >= 15 is 0 Å². The highest BCUT2D eigenvalue weighted by Crippen LogP contribution is 2.37. The highest BCUT2D eigenvalue weighted by molar-refractivity contribution is 7.91. The Hall–Kier alpha value is -0.980. The van der Waals surface area contributed by atoms with Crippen molar-refractivity contribution in [2.75, 3.05) is 37.7 Å². The Morgan fingerprint density at radius 1 is 1.04 bits per heavy atom. The van der Waals surface area contributed by atoms with E-state index in [0.717, 1.165) is 56.6 Å². The maximum atomic E-state index is 13.9. The van der Waals surface area contributed by atoms with Gasteiger partial charge in [-0.05, 0) is 36.5 Å². The third-order valence-electron chi connectivity index (χ3n) is 5.70. The van der Waals surface area contributed by atoms with Gasteiger partial charge in [-0.15, -0.1) is 0 Å². The summed E-state index contributed by atoms with van der Waals surface area (Å²) < 4.78 is 37.2. The molecule has 126 valence electrons. The molecule has 2 aliphatic heterocycles. The molecular weight excluding hydrogens is 315 g/mol. The first kappa shape index (κ1) is 15.5. The van der Waals surface area contributed by atoms with Gasteiger partial charge in [-0.3, -0.25) is 9.80 Å². The summed E-state index contributed by atoms with van der Waals surface area (Å²) in [4.78, 5) is 4.79. The summed E-state index contributed by atoms with van der Waals surface area (Å²) >= 11 is 0. The van der Waals surface area contributed by atoms with E-state index in [1.165, 1.54) is 0 Å². The highest BCUT2D eigenvalue weighted by Gasteiger charge is 2.36. The van der Waals surface area contributed by atoms with Crippen molar-refractivity contribution < 1.29 is 12.8 Å². The quantitative estimate of drug-likeness (QED) is 0.822. The third-order valence-corrected chi connectivity index (χ3v) is 7.45. The summed E-state index contributed by atoms with van der Waals surface area (Å²) in [5.41, 5.74) is 2.05. The van der Waals surface area contributed by atoms with Crippen LogP contribution in [0.15, 0.2) is 18.2 Å². The summed E-state index contributed by atoms with van der Waals surface area (Å²) in [6.45, 7) is 3.72. The number of halogens is 1. The van der Waals surface area contributed by atoms with Gasteiger partial charge in [0.05, 0.1) is 11.5 Å². The lowest BCUT2D eigenvalue weighted by Gasteiger charge is -2.40. The topological polar surface area (TPSA) is 40.6 Å². The van der Waals surface area contributed by atoms with Crippen LogP contribution in [-0.4, -0.2) is 61.9 Å². The second-order valence-corrected chi connectivity index (χ2v) is 9.22. The minimum Gasteiger partial charge on any atom is -0.297 e. The van der Waals surface area contributed by atoms with Crippen LogP contribution in [0.5, 0.6) is 0 Å². The summed E-state index contributed by atoms with van der Waals surface area (Å²) in [7, 11) is -2.82. The van der Waals surface area contributed by atoms with Crippen molar-refractivity contribution >= 4 is 9.84 Å². The Kier molecular flexibility index (Phi) is 3.94. The number of fused-ring (bicyclic) bond motifs is 1. The maximum Gasteiger partial charge on any atom is 0.151 e. The van der Waals surface area contributed by atoms with Crippen molar-refractivity contribution in [2.45, 2.75) is 31.3 Å². The lowest BCUT2D eigenvalue weighted by atomic mass is 10.1. The molecule has 2 heterocycles. The Balaban J connectivity index is 1.41. The lowest BCUT2D eigenvalue weighted by molar-refractivity contribution is 0.0752. The molecule has 0 amide bonds. The van der Waals surface area contributed by atoms with E-state index in [9.17, 15) is 12.8 Å². The summed E-state index contributed by atoms with van der Waals surface area (Å²) in [6.07, 6.45) is 2.60. The predicted molar refractivity (Wildman–Crippen MR) is 87.7 cm³/mol. The first-order valence-electron chi connectivity index (χ1n) is 8.49. The first-order valence-corrected chi connectivity index (χ1v) is 10.3. The molecule has 0 unspecified atom stereocenters. The minimum absolute atomic E-state index is 0.0696. The van der Waals surface area contributed by atoms with E-state index in [1.54, 1.807) is 6.07 Å². The van der Waals surface area contributed by atoms with Crippen molar-refractivity contribution in [3.8, 4) is 0 Å². The molecule has 3 aliphatic rings. The summed E-state index contributed by atoms with van der Waals surface area (Å²) in [6, 6.07) is 5.96. The van der Waals surface area contributed by atoms with E-state index in [0.29, 0.717) is 17.5 Å². The molecule has 1 aromatic rings. The zero-order valence-electron chi connectivity index (χ0n) is 13.2. The maximum absolute atomic E-state index is 13.9. The molecule has 0 bridgehead atoms. The van der Waals surface area contributed by atoms with Gasteiger partial charge < -0.3 is 0 Å². The number of piperazine rings is 1. The number of hydrogen-bond donors (Lipinski definition) is 0. The molecule has 2 atom stereocenters. The van der Waals surface area contributed by atoms with Gasteiger partial charge in [0, 0.05) is 38.3 Å². The molecule has 0 N–H and O–H groups in total. The Labute approximate surface area is 137 Å². The SMILES string of the molecule is O=S1(=O)CC[C@H](N2CCN([C@H]3CCc4c(F)cccc43)CC2)C1. The third kappa shape index (κ3) is 2.92. The molecular formula is C17H23FN2O2S. The lowest BCUT2D eigenvalue weighted by Crippen LogP contribution is -2.51. The van der Waals surface area contributed by atoms with Crippen LogP contribution in [0.4, 0.5) is 4.39 Å². The molecule has 1 aromatic carbocycles. The fourth-order valence-corrected chi connectivity index (χ4v) is 6.21. The Bertz CT molecular complexity index is 699. The zero-order chi connectivity index (χ0) is 16.0.